The van der Waals surface area contributed by atoms with Crippen LogP contribution < -0.4 is 5.73 Å². The van der Waals surface area contributed by atoms with E-state index >= 15 is 0 Å². The molecule has 0 saturated carbocycles. The van der Waals surface area contributed by atoms with Gasteiger partial charge in [0.15, 0.2) is 17.0 Å². The molecule has 0 amide bonds. The summed E-state index contributed by atoms with van der Waals surface area (Å²) in [6.07, 6.45) is 4.02. The first-order valence-electron chi connectivity index (χ1n) is 6.40. The lowest BCUT2D eigenvalue weighted by Crippen LogP contribution is -2.04. The predicted molar refractivity (Wildman–Crippen MR) is 79.2 cm³/mol. The van der Waals surface area contributed by atoms with Gasteiger partial charge in [-0.2, -0.15) is 0 Å². The molecule has 100 valence electrons. The minimum Gasteiger partial charge on any atom is -0.382 e. The smallest absolute Gasteiger partial charge is 0.165 e. The van der Waals surface area contributed by atoms with E-state index in [4.69, 9.17) is 5.73 Å². The van der Waals surface area contributed by atoms with Gasteiger partial charge in [0.25, 0.3) is 0 Å². The van der Waals surface area contributed by atoms with E-state index in [2.05, 4.69) is 33.7 Å². The van der Waals surface area contributed by atoms with Crippen LogP contribution in [0, 0.1) is 0 Å². The summed E-state index contributed by atoms with van der Waals surface area (Å²) in [5.74, 6) is 1.32. The molecule has 0 aliphatic heterocycles. The summed E-state index contributed by atoms with van der Waals surface area (Å²) in [6.45, 7) is 4.44. The summed E-state index contributed by atoms with van der Waals surface area (Å²) in [7, 11) is 0. The van der Waals surface area contributed by atoms with Crippen molar-refractivity contribution in [2.45, 2.75) is 13.0 Å². The third-order valence-corrected chi connectivity index (χ3v) is 3.16. The van der Waals surface area contributed by atoms with Crippen molar-refractivity contribution in [1.82, 2.24) is 19.5 Å². The van der Waals surface area contributed by atoms with Crippen LogP contribution in [0.5, 0.6) is 0 Å². The summed E-state index contributed by atoms with van der Waals surface area (Å²) >= 11 is 0. The summed E-state index contributed by atoms with van der Waals surface area (Å²) in [5.41, 5.74) is 8.48. The normalized spacial score (nSPS) is 10.8. The molecule has 0 fully saturated rings. The molecule has 0 atom stereocenters. The van der Waals surface area contributed by atoms with Crippen molar-refractivity contribution in [3.63, 3.8) is 0 Å². The van der Waals surface area contributed by atoms with Crippen molar-refractivity contribution in [3.05, 3.63) is 60.7 Å². The largest absolute Gasteiger partial charge is 0.382 e. The van der Waals surface area contributed by atoms with Gasteiger partial charge in [0.05, 0.1) is 0 Å². The maximum absolute atomic E-state index is 5.88. The van der Waals surface area contributed by atoms with Crippen LogP contribution in [0.2, 0.25) is 0 Å². The Morgan fingerprint density at radius 1 is 1.20 bits per heavy atom. The molecule has 0 aliphatic rings. The minimum atomic E-state index is 0.409. The second-order valence-corrected chi connectivity index (χ2v) is 4.52. The van der Waals surface area contributed by atoms with Crippen LogP contribution in [-0.4, -0.2) is 19.5 Å². The topological polar surface area (TPSA) is 69.6 Å². The molecule has 0 spiro atoms. The maximum Gasteiger partial charge on any atom is 0.165 e. The van der Waals surface area contributed by atoms with Crippen LogP contribution in [0.25, 0.3) is 11.2 Å². The number of anilines is 1. The van der Waals surface area contributed by atoms with Gasteiger partial charge in [-0.15, -0.1) is 6.58 Å². The monoisotopic (exact) mass is 265 g/mol. The van der Waals surface area contributed by atoms with E-state index in [0.29, 0.717) is 17.9 Å². The zero-order valence-corrected chi connectivity index (χ0v) is 11.0. The lowest BCUT2D eigenvalue weighted by atomic mass is 10.1. The van der Waals surface area contributed by atoms with Gasteiger partial charge in [-0.05, 0) is 5.56 Å². The Kier molecular flexibility index (Phi) is 3.16. The van der Waals surface area contributed by atoms with E-state index in [9.17, 15) is 0 Å². The fourth-order valence-electron chi connectivity index (χ4n) is 2.23. The molecule has 3 aromatic rings. The van der Waals surface area contributed by atoms with Crippen LogP contribution in [0.15, 0.2) is 49.3 Å². The first kappa shape index (κ1) is 12.3. The van der Waals surface area contributed by atoms with E-state index in [-0.39, 0.29) is 0 Å². The van der Waals surface area contributed by atoms with E-state index < -0.39 is 0 Å². The highest BCUT2D eigenvalue weighted by atomic mass is 15.1. The van der Waals surface area contributed by atoms with Crippen molar-refractivity contribution >= 4 is 17.0 Å². The Morgan fingerprint density at radius 2 is 2.00 bits per heavy atom. The molecule has 20 heavy (non-hydrogen) atoms. The van der Waals surface area contributed by atoms with Gasteiger partial charge < -0.3 is 10.3 Å². The molecule has 0 radical (unpaired) electrons. The summed E-state index contributed by atoms with van der Waals surface area (Å²) in [5, 5.41) is 0. The standard InChI is InChI=1S/C15H15N5/c1-2-8-20-12(9-11-6-4-3-5-7-11)19-13-14(16)17-10-18-15(13)20/h2-7,10H,1,8-9H2,(H2,16,17,18). The first-order valence-corrected chi connectivity index (χ1v) is 6.40. The highest BCUT2D eigenvalue weighted by Gasteiger charge is 2.13. The first-order chi connectivity index (χ1) is 9.79. The zero-order chi connectivity index (χ0) is 13.9. The Morgan fingerprint density at radius 3 is 2.75 bits per heavy atom. The van der Waals surface area contributed by atoms with Crippen molar-refractivity contribution in [2.24, 2.45) is 0 Å². The summed E-state index contributed by atoms with van der Waals surface area (Å²) in [4.78, 5) is 12.9. The number of rotatable bonds is 4. The number of imidazole rings is 1. The van der Waals surface area contributed by atoms with Gasteiger partial charge in [-0.1, -0.05) is 36.4 Å². The highest BCUT2D eigenvalue weighted by molar-refractivity contribution is 5.81. The Balaban J connectivity index is 2.12. The minimum absolute atomic E-state index is 0.409. The fourth-order valence-corrected chi connectivity index (χ4v) is 2.23. The second-order valence-electron chi connectivity index (χ2n) is 4.52. The fraction of sp³-hybridized carbons (Fsp3) is 0.133. The molecule has 1 aromatic carbocycles. The van der Waals surface area contributed by atoms with Crippen molar-refractivity contribution in [1.29, 1.82) is 0 Å². The van der Waals surface area contributed by atoms with Gasteiger partial charge in [-0.25, -0.2) is 15.0 Å². The zero-order valence-electron chi connectivity index (χ0n) is 11.0. The lowest BCUT2D eigenvalue weighted by Gasteiger charge is -2.05. The van der Waals surface area contributed by atoms with Gasteiger partial charge in [-0.3, -0.25) is 0 Å². The number of hydrogen-bond acceptors (Lipinski definition) is 4. The number of aromatic nitrogens is 4. The second kappa shape index (κ2) is 5.13. The number of fused-ring (bicyclic) bond motifs is 1. The number of nitrogens with zero attached hydrogens (tertiary/aromatic N) is 4. The van der Waals surface area contributed by atoms with Crippen LogP contribution in [-0.2, 0) is 13.0 Å². The van der Waals surface area contributed by atoms with Crippen LogP contribution in [0.1, 0.15) is 11.4 Å². The molecule has 2 N–H and O–H groups in total. The molecule has 0 unspecified atom stereocenters. The molecule has 2 heterocycles. The van der Waals surface area contributed by atoms with Gasteiger partial charge in [0.2, 0.25) is 0 Å². The third kappa shape index (κ3) is 2.14. The van der Waals surface area contributed by atoms with Crippen LogP contribution in [0.4, 0.5) is 5.82 Å². The molecule has 5 nitrogen and oxygen atoms in total. The molecule has 0 bridgehead atoms. The molecule has 0 saturated heterocycles. The molecule has 2 aromatic heterocycles. The maximum atomic E-state index is 5.88. The average molecular weight is 265 g/mol. The highest BCUT2D eigenvalue weighted by Crippen LogP contribution is 2.20. The lowest BCUT2D eigenvalue weighted by molar-refractivity contribution is 0.772. The third-order valence-electron chi connectivity index (χ3n) is 3.16. The average Bonchev–Trinajstić information content (AvgIpc) is 2.80. The van der Waals surface area contributed by atoms with E-state index in [1.165, 1.54) is 11.9 Å². The van der Waals surface area contributed by atoms with E-state index in [1.54, 1.807) is 0 Å². The van der Waals surface area contributed by atoms with Crippen molar-refractivity contribution in [2.75, 3.05) is 5.73 Å². The molecular formula is C15H15N5. The van der Waals surface area contributed by atoms with E-state index in [1.807, 2.05) is 28.8 Å². The van der Waals surface area contributed by atoms with Gasteiger partial charge in [0.1, 0.15) is 12.2 Å². The number of hydrogen-bond donors (Lipinski definition) is 1. The van der Waals surface area contributed by atoms with Crippen molar-refractivity contribution < 1.29 is 0 Å². The number of benzene rings is 1. The number of nitrogen functional groups attached to an aromatic ring is 1. The van der Waals surface area contributed by atoms with E-state index in [0.717, 1.165) is 17.9 Å². The predicted octanol–water partition coefficient (Wildman–Crippen LogP) is 2.19. The summed E-state index contributed by atoms with van der Waals surface area (Å²) in [6, 6.07) is 10.2. The molecule has 5 heteroatoms. The quantitative estimate of drug-likeness (QED) is 0.734. The molecular weight excluding hydrogens is 250 g/mol. The Hall–Kier alpha value is -2.69. The summed E-state index contributed by atoms with van der Waals surface area (Å²) < 4.78 is 2.02. The van der Waals surface area contributed by atoms with Crippen molar-refractivity contribution in [3.8, 4) is 0 Å². The van der Waals surface area contributed by atoms with Gasteiger partial charge in [0, 0.05) is 13.0 Å². The Labute approximate surface area is 116 Å². The van der Waals surface area contributed by atoms with Crippen LogP contribution in [0.3, 0.4) is 0 Å². The van der Waals surface area contributed by atoms with Crippen LogP contribution >= 0.6 is 0 Å². The number of allylic oxidation sites excluding steroid dienone is 1. The van der Waals surface area contributed by atoms with Gasteiger partial charge >= 0.3 is 0 Å². The Bertz CT molecular complexity index is 746. The molecule has 3 rings (SSSR count). The molecule has 0 aliphatic carbocycles. The number of nitrogens with two attached hydrogens (primary N) is 1. The SMILES string of the molecule is C=CCn1c(Cc2ccccc2)nc2c(N)ncnc21.